The van der Waals surface area contributed by atoms with Gasteiger partial charge >= 0.3 is 0 Å². The molecule has 8 nitrogen and oxygen atoms in total. The van der Waals surface area contributed by atoms with Gasteiger partial charge in [-0.25, -0.2) is 0 Å². The summed E-state index contributed by atoms with van der Waals surface area (Å²) in [6, 6.07) is -0.885. The Morgan fingerprint density at radius 1 is 0.618 bits per heavy atom. The molecule has 0 fully saturated rings. The molecule has 0 aliphatic carbocycles. The van der Waals surface area contributed by atoms with E-state index in [4.69, 9.17) is 9.05 Å². The van der Waals surface area contributed by atoms with Gasteiger partial charge in [0.25, 0.3) is 7.82 Å². The number of rotatable bonds is 42. The van der Waals surface area contributed by atoms with Crippen molar-refractivity contribution in [3.63, 3.8) is 0 Å². The number of phosphoric acid groups is 1. The molecule has 0 aliphatic rings. The number of aliphatic hydroxyl groups excluding tert-OH is 1. The molecule has 0 saturated carbocycles. The lowest BCUT2D eigenvalue weighted by Crippen LogP contribution is -2.45. The first-order chi connectivity index (χ1) is 26.5. The molecule has 0 bridgehead atoms. The van der Waals surface area contributed by atoms with Crippen LogP contribution in [0.15, 0.2) is 24.3 Å². The van der Waals surface area contributed by atoms with E-state index in [1.807, 2.05) is 27.2 Å². The lowest BCUT2D eigenvalue weighted by Gasteiger charge is -2.29. The lowest BCUT2D eigenvalue weighted by atomic mass is 10.0. The minimum absolute atomic E-state index is 0.000684. The molecule has 326 valence electrons. The van der Waals surface area contributed by atoms with Gasteiger partial charge in [0.2, 0.25) is 5.91 Å². The van der Waals surface area contributed by atoms with Crippen LogP contribution in [0, 0.1) is 0 Å². The van der Waals surface area contributed by atoms with Crippen molar-refractivity contribution < 1.29 is 32.9 Å². The quantitative estimate of drug-likeness (QED) is 0.0276. The topological polar surface area (TPSA) is 108 Å². The molecule has 1 amide bonds. The number of quaternary nitrogens is 1. The van der Waals surface area contributed by atoms with Crippen LogP contribution in [0.2, 0.25) is 0 Å². The van der Waals surface area contributed by atoms with Gasteiger partial charge in [-0.05, 0) is 44.9 Å². The molecule has 0 aromatic rings. The van der Waals surface area contributed by atoms with Gasteiger partial charge in [-0.3, -0.25) is 9.36 Å². The third-order valence-electron chi connectivity index (χ3n) is 10.4. The minimum atomic E-state index is -4.59. The molecule has 0 heterocycles. The van der Waals surface area contributed by atoms with E-state index in [9.17, 15) is 19.4 Å². The van der Waals surface area contributed by atoms with Crippen LogP contribution in [0.4, 0.5) is 0 Å². The van der Waals surface area contributed by atoms with Crippen molar-refractivity contribution in [3.05, 3.63) is 24.3 Å². The van der Waals surface area contributed by atoms with E-state index in [1.165, 1.54) is 154 Å². The normalized spacial score (nSPS) is 14.5. The smallest absolute Gasteiger partial charge is 0.268 e. The molecular formula is C46H91N2O6P. The summed E-state index contributed by atoms with van der Waals surface area (Å²) in [4.78, 5) is 25.3. The fraction of sp³-hybridized carbons (Fsp3) is 0.891. The van der Waals surface area contributed by atoms with Crippen LogP contribution in [0.1, 0.15) is 213 Å². The summed E-state index contributed by atoms with van der Waals surface area (Å²) in [5.74, 6) is -0.201. The highest BCUT2D eigenvalue weighted by atomic mass is 31.2. The predicted molar refractivity (Wildman–Crippen MR) is 233 cm³/mol. The Morgan fingerprint density at radius 3 is 1.42 bits per heavy atom. The molecule has 9 heteroatoms. The SMILES string of the molecule is CCCCCCCC/C=C\CCCCCCCCCC(=O)NC(COP(=O)([O-])OCC[N+](C)(C)C)C(O)/C=C/CCCCCCCCCCCCCCCC. The highest BCUT2D eigenvalue weighted by molar-refractivity contribution is 7.45. The van der Waals surface area contributed by atoms with Crippen LogP contribution in [0.25, 0.3) is 0 Å². The first-order valence-corrected chi connectivity index (χ1v) is 24.7. The Labute approximate surface area is 341 Å². The number of amides is 1. The average Bonchev–Trinajstić information content (AvgIpc) is 3.13. The maximum atomic E-state index is 12.9. The van der Waals surface area contributed by atoms with E-state index in [1.54, 1.807) is 6.08 Å². The van der Waals surface area contributed by atoms with Crippen LogP contribution in [-0.4, -0.2) is 68.5 Å². The first-order valence-electron chi connectivity index (χ1n) is 23.2. The highest BCUT2D eigenvalue weighted by Gasteiger charge is 2.23. The molecule has 0 rings (SSSR count). The Hall–Kier alpha value is -1.02. The van der Waals surface area contributed by atoms with Crippen LogP contribution in [0.3, 0.4) is 0 Å². The number of nitrogens with one attached hydrogen (secondary N) is 1. The maximum absolute atomic E-state index is 12.9. The van der Waals surface area contributed by atoms with E-state index < -0.39 is 20.0 Å². The lowest BCUT2D eigenvalue weighted by molar-refractivity contribution is -0.870. The Kier molecular flexibility index (Phi) is 37.8. The van der Waals surface area contributed by atoms with Gasteiger partial charge in [-0.1, -0.05) is 186 Å². The number of nitrogens with zero attached hydrogens (tertiary/aromatic N) is 1. The summed E-state index contributed by atoms with van der Waals surface area (Å²) in [5.41, 5.74) is 0. The zero-order valence-corrected chi connectivity index (χ0v) is 37.8. The van der Waals surface area contributed by atoms with Crippen LogP contribution in [-0.2, 0) is 18.4 Å². The van der Waals surface area contributed by atoms with Gasteiger partial charge in [0.1, 0.15) is 13.2 Å². The molecule has 0 aromatic carbocycles. The summed E-state index contributed by atoms with van der Waals surface area (Å²) in [7, 11) is 1.26. The van der Waals surface area contributed by atoms with Crippen molar-refractivity contribution in [1.29, 1.82) is 0 Å². The number of phosphoric ester groups is 1. The molecular weight excluding hydrogens is 707 g/mol. The number of carbonyl (C=O) groups is 1. The largest absolute Gasteiger partial charge is 0.756 e. The third-order valence-corrected chi connectivity index (χ3v) is 11.4. The number of carbonyl (C=O) groups excluding carboxylic acids is 1. The van der Waals surface area contributed by atoms with Gasteiger partial charge in [0, 0.05) is 6.42 Å². The van der Waals surface area contributed by atoms with Crippen LogP contribution >= 0.6 is 7.82 Å². The van der Waals surface area contributed by atoms with Crippen LogP contribution in [0.5, 0.6) is 0 Å². The molecule has 55 heavy (non-hydrogen) atoms. The molecule has 0 aromatic heterocycles. The Morgan fingerprint density at radius 2 is 1.00 bits per heavy atom. The molecule has 0 radical (unpaired) electrons. The van der Waals surface area contributed by atoms with Gasteiger partial charge < -0.3 is 28.8 Å². The van der Waals surface area contributed by atoms with Crippen molar-refractivity contribution in [2.45, 2.75) is 225 Å². The van der Waals surface area contributed by atoms with Gasteiger partial charge in [0.05, 0.1) is 39.9 Å². The third kappa shape index (κ3) is 41.0. The molecule has 2 N–H and O–H groups in total. The molecule has 0 spiro atoms. The standard InChI is InChI=1S/C46H91N2O6P/c1-6-8-10-12-14-16-18-20-22-24-26-28-30-32-34-36-38-40-46(50)47-44(43-54-55(51,52)53-42-41-48(3,4)5)45(49)39-37-35-33-31-29-27-25-23-21-19-17-15-13-11-9-7-2/h20,22,37,39,44-45,49H,6-19,21,23-36,38,40-43H2,1-5H3,(H-,47,50,51,52)/b22-20-,39-37+. The summed E-state index contributed by atoms with van der Waals surface area (Å²) in [6.45, 7) is 4.65. The van der Waals surface area contributed by atoms with Gasteiger partial charge in [0.15, 0.2) is 0 Å². The molecule has 3 unspecified atom stereocenters. The molecule has 0 saturated heterocycles. The van der Waals surface area contributed by atoms with Crippen LogP contribution < -0.4 is 10.2 Å². The Bertz CT molecular complexity index is 953. The average molecular weight is 799 g/mol. The number of aliphatic hydroxyl groups is 1. The fourth-order valence-corrected chi connectivity index (χ4v) is 7.40. The second kappa shape index (κ2) is 38.5. The summed E-state index contributed by atoms with van der Waals surface area (Å²) in [6.07, 6.45) is 45.0. The predicted octanol–water partition coefficient (Wildman–Crippen LogP) is 12.3. The summed E-state index contributed by atoms with van der Waals surface area (Å²) in [5, 5.41) is 13.8. The van der Waals surface area contributed by atoms with E-state index in [0.29, 0.717) is 17.4 Å². The number of unbranched alkanes of at least 4 members (excludes halogenated alkanes) is 27. The van der Waals surface area contributed by atoms with Gasteiger partial charge in [-0.2, -0.15) is 0 Å². The highest BCUT2D eigenvalue weighted by Crippen LogP contribution is 2.38. The maximum Gasteiger partial charge on any atom is 0.268 e. The minimum Gasteiger partial charge on any atom is -0.756 e. The van der Waals surface area contributed by atoms with Crippen molar-refractivity contribution in [2.75, 3.05) is 40.9 Å². The van der Waals surface area contributed by atoms with Crippen molar-refractivity contribution >= 4 is 13.7 Å². The van der Waals surface area contributed by atoms with E-state index >= 15 is 0 Å². The second-order valence-corrected chi connectivity index (χ2v) is 18.5. The molecule has 0 aliphatic heterocycles. The number of likely N-dealkylation sites (N-methyl/N-ethyl adjacent to an activating group) is 1. The summed E-state index contributed by atoms with van der Waals surface area (Å²) >= 11 is 0. The fourth-order valence-electron chi connectivity index (χ4n) is 6.68. The number of allylic oxidation sites excluding steroid dienone is 3. The Balaban J connectivity index is 4.40. The zero-order chi connectivity index (χ0) is 40.7. The van der Waals surface area contributed by atoms with Crippen molar-refractivity contribution in [2.24, 2.45) is 0 Å². The van der Waals surface area contributed by atoms with E-state index in [-0.39, 0.29) is 19.1 Å². The van der Waals surface area contributed by atoms with E-state index in [0.717, 1.165) is 38.5 Å². The van der Waals surface area contributed by atoms with E-state index in [2.05, 4.69) is 31.3 Å². The van der Waals surface area contributed by atoms with Crippen molar-refractivity contribution in [1.82, 2.24) is 5.32 Å². The summed E-state index contributed by atoms with van der Waals surface area (Å²) < 4.78 is 23.2. The zero-order valence-electron chi connectivity index (χ0n) is 36.9. The second-order valence-electron chi connectivity index (χ2n) is 17.1. The first kappa shape index (κ1) is 54.0. The van der Waals surface area contributed by atoms with Gasteiger partial charge in [-0.15, -0.1) is 0 Å². The molecule has 3 atom stereocenters. The van der Waals surface area contributed by atoms with Crippen molar-refractivity contribution in [3.8, 4) is 0 Å². The number of hydrogen-bond donors (Lipinski definition) is 2. The monoisotopic (exact) mass is 799 g/mol. The number of hydrogen-bond acceptors (Lipinski definition) is 6.